The van der Waals surface area contributed by atoms with Crippen LogP contribution in [0.15, 0.2) is 22.6 Å². The van der Waals surface area contributed by atoms with E-state index in [0.29, 0.717) is 26.2 Å². The molecule has 0 spiro atoms. The largest absolute Gasteiger partial charge is 0.338 e. The zero-order chi connectivity index (χ0) is 15.8. The maximum Gasteiger partial charge on any atom is 0.315 e. The average Bonchev–Trinajstić information content (AvgIpc) is 2.50. The van der Waals surface area contributed by atoms with Crippen LogP contribution in [0.4, 0.5) is 4.79 Å². The zero-order valence-electron chi connectivity index (χ0n) is 12.1. The van der Waals surface area contributed by atoms with E-state index < -0.39 is 0 Å². The van der Waals surface area contributed by atoms with E-state index in [-0.39, 0.29) is 11.9 Å². The molecule has 0 radical (unpaired) electrons. The molecule has 0 saturated carbocycles. The molecule has 7 heteroatoms. The van der Waals surface area contributed by atoms with Crippen LogP contribution >= 0.6 is 0 Å². The lowest BCUT2D eigenvalue weighted by atomic mass is 9.97. The smallest absolute Gasteiger partial charge is 0.315 e. The summed E-state index contributed by atoms with van der Waals surface area (Å²) < 4.78 is 0. The monoisotopic (exact) mass is 294 g/mol. The van der Waals surface area contributed by atoms with Gasteiger partial charge in [-0.2, -0.15) is 0 Å². The lowest BCUT2D eigenvalue weighted by Gasteiger charge is -2.13. The molecule has 0 saturated heterocycles. The second-order valence-corrected chi connectivity index (χ2v) is 4.48. The summed E-state index contributed by atoms with van der Waals surface area (Å²) >= 11 is 0. The molecule has 0 aromatic heterocycles. The summed E-state index contributed by atoms with van der Waals surface area (Å²) in [6, 6.07) is -0.224. The summed E-state index contributed by atoms with van der Waals surface area (Å²) in [5.41, 5.74) is 0. The lowest BCUT2D eigenvalue weighted by molar-refractivity contribution is 0.241. The summed E-state index contributed by atoms with van der Waals surface area (Å²) in [4.78, 5) is 38.5. The zero-order valence-corrected chi connectivity index (χ0v) is 12.1. The van der Waals surface area contributed by atoms with Crippen LogP contribution in [0.5, 0.6) is 0 Å². The molecule has 0 aliphatic rings. The molecule has 0 bridgehead atoms. The first kappa shape index (κ1) is 18.8. The first-order chi connectivity index (χ1) is 10.2. The van der Waals surface area contributed by atoms with Gasteiger partial charge in [0.2, 0.25) is 12.2 Å². The Morgan fingerprint density at radius 1 is 1.14 bits per heavy atom. The van der Waals surface area contributed by atoms with Crippen LogP contribution in [-0.4, -0.2) is 44.4 Å². The van der Waals surface area contributed by atoms with E-state index in [1.807, 2.05) is 0 Å². The summed E-state index contributed by atoms with van der Waals surface area (Å²) in [5.74, 6) is 0.228. The van der Waals surface area contributed by atoms with Gasteiger partial charge in [-0.15, -0.1) is 6.58 Å². The van der Waals surface area contributed by atoms with E-state index in [1.165, 1.54) is 12.2 Å². The predicted octanol–water partition coefficient (Wildman–Crippen LogP) is 1.32. The Bertz CT molecular complexity index is 399. The van der Waals surface area contributed by atoms with Gasteiger partial charge in [0.25, 0.3) is 0 Å². The van der Waals surface area contributed by atoms with Crippen molar-refractivity contribution in [2.24, 2.45) is 15.9 Å². The molecule has 2 amide bonds. The Balaban J connectivity index is 3.88. The third kappa shape index (κ3) is 12.5. The normalized spacial score (nSPS) is 10.7. The fourth-order valence-electron chi connectivity index (χ4n) is 1.82. The number of isocyanates is 2. The van der Waals surface area contributed by atoms with Crippen LogP contribution in [0.1, 0.15) is 25.7 Å². The van der Waals surface area contributed by atoms with Gasteiger partial charge in [-0.05, 0) is 31.6 Å². The predicted molar refractivity (Wildman–Crippen MR) is 79.5 cm³/mol. The minimum atomic E-state index is -0.224. The molecule has 0 aliphatic carbocycles. The molecule has 0 rings (SSSR count). The second-order valence-electron chi connectivity index (χ2n) is 4.48. The van der Waals surface area contributed by atoms with E-state index in [2.05, 4.69) is 27.2 Å². The first-order valence-electron chi connectivity index (χ1n) is 6.94. The number of carbonyl (C=O) groups excluding carboxylic acids is 3. The van der Waals surface area contributed by atoms with Crippen molar-refractivity contribution in [1.29, 1.82) is 0 Å². The standard InChI is InChI=1S/C14H22N4O3/c1-2-7-17-14(21)18-9-4-6-13(10-16-12-20)5-3-8-15-11-19/h2,13H,1,3-10H2,(H2,17,18,21). The molecule has 0 aliphatic heterocycles. The van der Waals surface area contributed by atoms with Crippen molar-refractivity contribution in [2.45, 2.75) is 25.7 Å². The minimum Gasteiger partial charge on any atom is -0.338 e. The maximum absolute atomic E-state index is 11.3. The van der Waals surface area contributed by atoms with Gasteiger partial charge in [-0.1, -0.05) is 6.08 Å². The maximum atomic E-state index is 11.3. The Kier molecular flexibility index (Phi) is 12.7. The van der Waals surface area contributed by atoms with Crippen LogP contribution in [0, 0.1) is 5.92 Å². The Morgan fingerprint density at radius 2 is 1.86 bits per heavy atom. The molecule has 0 aromatic carbocycles. The Labute approximate surface area is 124 Å². The fourth-order valence-corrected chi connectivity index (χ4v) is 1.82. The molecule has 7 nitrogen and oxygen atoms in total. The molecule has 1 unspecified atom stereocenters. The van der Waals surface area contributed by atoms with Crippen molar-refractivity contribution in [3.63, 3.8) is 0 Å². The van der Waals surface area contributed by atoms with Crippen LogP contribution in [-0.2, 0) is 9.59 Å². The lowest BCUT2D eigenvalue weighted by Crippen LogP contribution is -2.36. The van der Waals surface area contributed by atoms with Gasteiger partial charge >= 0.3 is 6.03 Å². The number of urea groups is 1. The van der Waals surface area contributed by atoms with E-state index in [9.17, 15) is 14.4 Å². The summed E-state index contributed by atoms with van der Waals surface area (Å²) in [5, 5.41) is 5.35. The highest BCUT2D eigenvalue weighted by atomic mass is 16.2. The van der Waals surface area contributed by atoms with Crippen LogP contribution in [0.25, 0.3) is 0 Å². The second kappa shape index (κ2) is 14.2. The number of nitrogens with zero attached hydrogens (tertiary/aromatic N) is 2. The van der Waals surface area contributed by atoms with Gasteiger partial charge in [-0.25, -0.2) is 24.4 Å². The van der Waals surface area contributed by atoms with Gasteiger partial charge in [0, 0.05) is 13.1 Å². The van der Waals surface area contributed by atoms with Crippen LogP contribution in [0.3, 0.4) is 0 Å². The molecule has 1 atom stereocenters. The van der Waals surface area contributed by atoms with Crippen molar-refractivity contribution < 1.29 is 14.4 Å². The number of carbonyl (C=O) groups is 1. The molecular weight excluding hydrogens is 272 g/mol. The number of aliphatic imine (C=N–C) groups is 2. The Hall–Kier alpha value is -2.23. The van der Waals surface area contributed by atoms with Crippen LogP contribution < -0.4 is 10.6 Å². The average molecular weight is 294 g/mol. The number of hydrogen-bond acceptors (Lipinski definition) is 5. The molecule has 21 heavy (non-hydrogen) atoms. The highest BCUT2D eigenvalue weighted by Gasteiger charge is 2.08. The molecule has 0 heterocycles. The van der Waals surface area contributed by atoms with E-state index in [0.717, 1.165) is 25.7 Å². The summed E-state index contributed by atoms with van der Waals surface area (Å²) in [6.07, 6.45) is 7.82. The van der Waals surface area contributed by atoms with Crippen molar-refractivity contribution in [2.75, 3.05) is 26.2 Å². The van der Waals surface area contributed by atoms with Crippen molar-refractivity contribution in [3.8, 4) is 0 Å². The number of rotatable bonds is 12. The molecular formula is C14H22N4O3. The molecule has 0 aromatic rings. The van der Waals surface area contributed by atoms with Crippen molar-refractivity contribution in [1.82, 2.24) is 10.6 Å². The summed E-state index contributed by atoms with van der Waals surface area (Å²) in [7, 11) is 0. The molecule has 0 fully saturated rings. The van der Waals surface area contributed by atoms with Gasteiger partial charge in [-0.3, -0.25) is 0 Å². The summed E-state index contributed by atoms with van der Waals surface area (Å²) in [6.45, 7) is 5.34. The van der Waals surface area contributed by atoms with Crippen LogP contribution in [0.2, 0.25) is 0 Å². The highest BCUT2D eigenvalue weighted by molar-refractivity contribution is 5.73. The number of hydrogen-bond donors (Lipinski definition) is 2. The highest BCUT2D eigenvalue weighted by Crippen LogP contribution is 2.13. The van der Waals surface area contributed by atoms with Gasteiger partial charge < -0.3 is 10.6 Å². The third-order valence-corrected chi connectivity index (χ3v) is 2.84. The quantitative estimate of drug-likeness (QED) is 0.246. The van der Waals surface area contributed by atoms with Gasteiger partial charge in [0.1, 0.15) is 0 Å². The molecule has 116 valence electrons. The third-order valence-electron chi connectivity index (χ3n) is 2.84. The number of nitrogens with one attached hydrogen (secondary N) is 2. The van der Waals surface area contributed by atoms with E-state index in [4.69, 9.17) is 0 Å². The van der Waals surface area contributed by atoms with Gasteiger partial charge in [0.15, 0.2) is 0 Å². The Morgan fingerprint density at radius 3 is 2.52 bits per heavy atom. The first-order valence-corrected chi connectivity index (χ1v) is 6.94. The number of amides is 2. The van der Waals surface area contributed by atoms with E-state index in [1.54, 1.807) is 6.08 Å². The fraction of sp³-hybridized carbons (Fsp3) is 0.643. The topological polar surface area (TPSA) is 100.0 Å². The molecule has 2 N–H and O–H groups in total. The van der Waals surface area contributed by atoms with Crippen molar-refractivity contribution in [3.05, 3.63) is 12.7 Å². The van der Waals surface area contributed by atoms with Crippen molar-refractivity contribution >= 4 is 18.2 Å². The van der Waals surface area contributed by atoms with E-state index >= 15 is 0 Å². The minimum absolute atomic E-state index is 0.224. The van der Waals surface area contributed by atoms with Gasteiger partial charge in [0.05, 0.1) is 13.1 Å². The SMILES string of the molecule is C=CCNC(=O)NCCCC(CCCN=C=O)CN=C=O.